The minimum atomic E-state index is -1.56. The topological polar surface area (TPSA) is 74.5 Å². The average molecular weight is 327 g/mol. The van der Waals surface area contributed by atoms with Crippen LogP contribution in [0.15, 0.2) is 29.4 Å². The number of rotatable bonds is 2. The van der Waals surface area contributed by atoms with Gasteiger partial charge < -0.3 is 9.87 Å². The van der Waals surface area contributed by atoms with E-state index in [4.69, 9.17) is 16.9 Å². The molecule has 0 radical (unpaired) electrons. The van der Waals surface area contributed by atoms with Crippen molar-refractivity contribution in [1.82, 2.24) is 10.3 Å². The van der Waals surface area contributed by atoms with Crippen molar-refractivity contribution >= 4 is 27.9 Å². The number of hydrogen-bond donors (Lipinski definition) is 1. The molecular weight excluding hydrogens is 315 g/mol. The van der Waals surface area contributed by atoms with Gasteiger partial charge >= 0.3 is 5.17 Å². The predicted octanol–water partition coefficient (Wildman–Crippen LogP) is 1.90. The molecule has 0 saturated carbocycles. The molecule has 8 heteroatoms. The SMILES string of the molecule is N#CC[S@+]([O-])C1=NN2C(N1)[C@@H](F)C[C@H]2c1ccccc1Cl. The Bertz CT molecular complexity index is 622. The van der Waals surface area contributed by atoms with Crippen LogP contribution in [0.4, 0.5) is 4.39 Å². The van der Waals surface area contributed by atoms with Gasteiger partial charge in [-0.1, -0.05) is 29.8 Å². The lowest BCUT2D eigenvalue weighted by Crippen LogP contribution is -2.41. The van der Waals surface area contributed by atoms with Crippen molar-refractivity contribution < 1.29 is 8.94 Å². The Morgan fingerprint density at radius 1 is 1.57 bits per heavy atom. The van der Waals surface area contributed by atoms with Crippen molar-refractivity contribution in [3.05, 3.63) is 34.9 Å². The highest BCUT2D eigenvalue weighted by molar-refractivity contribution is 8.06. The second kappa shape index (κ2) is 5.72. The number of amidine groups is 1. The van der Waals surface area contributed by atoms with Crippen molar-refractivity contribution in [2.75, 3.05) is 5.75 Å². The Morgan fingerprint density at radius 2 is 2.33 bits per heavy atom. The van der Waals surface area contributed by atoms with Gasteiger partial charge in [0.1, 0.15) is 12.2 Å². The average Bonchev–Trinajstić information content (AvgIpc) is 3.01. The van der Waals surface area contributed by atoms with E-state index in [1.807, 2.05) is 24.3 Å². The zero-order chi connectivity index (χ0) is 15.0. The van der Waals surface area contributed by atoms with Crippen LogP contribution >= 0.6 is 11.6 Å². The molecule has 1 unspecified atom stereocenters. The number of nitriles is 1. The summed E-state index contributed by atoms with van der Waals surface area (Å²) in [6.07, 6.45) is -1.53. The molecule has 4 atom stereocenters. The summed E-state index contributed by atoms with van der Waals surface area (Å²) in [6.45, 7) is 0. The molecule has 1 aromatic carbocycles. The standard InChI is InChI=1S/C13H12ClFN4OS/c14-9-4-2-1-3-8(9)11-7-10(15)12-17-13(18-19(11)12)21(20)6-5-16/h1-4,10-12H,6-7H2,(H,17,18)/t10-,11-,12?,21-/m0/s1. The summed E-state index contributed by atoms with van der Waals surface area (Å²) in [5.41, 5.74) is 0.794. The van der Waals surface area contributed by atoms with Gasteiger partial charge in [-0.2, -0.15) is 5.26 Å². The number of alkyl halides is 1. The maximum atomic E-state index is 14.2. The number of nitrogens with one attached hydrogen (secondary N) is 1. The molecule has 2 heterocycles. The van der Waals surface area contributed by atoms with Gasteiger partial charge in [0.2, 0.25) is 0 Å². The van der Waals surface area contributed by atoms with Crippen LogP contribution in [0.2, 0.25) is 5.02 Å². The van der Waals surface area contributed by atoms with Gasteiger partial charge in [0.15, 0.2) is 11.9 Å². The second-order valence-corrected chi connectivity index (χ2v) is 6.58. The predicted molar refractivity (Wildman–Crippen MR) is 78.5 cm³/mol. The molecule has 0 bridgehead atoms. The number of benzene rings is 1. The zero-order valence-corrected chi connectivity index (χ0v) is 12.4. The Kier molecular flexibility index (Phi) is 3.93. The van der Waals surface area contributed by atoms with E-state index in [9.17, 15) is 8.94 Å². The molecule has 110 valence electrons. The van der Waals surface area contributed by atoms with Gasteiger partial charge in [-0.25, -0.2) is 4.39 Å². The molecule has 1 aromatic rings. The Balaban J connectivity index is 1.88. The quantitative estimate of drug-likeness (QED) is 0.842. The first-order valence-corrected chi connectivity index (χ1v) is 8.09. The molecule has 1 fully saturated rings. The first-order valence-electron chi connectivity index (χ1n) is 6.39. The van der Waals surface area contributed by atoms with Gasteiger partial charge in [0.05, 0.1) is 6.04 Å². The third-order valence-electron chi connectivity index (χ3n) is 3.55. The van der Waals surface area contributed by atoms with E-state index in [1.165, 1.54) is 0 Å². The van der Waals surface area contributed by atoms with E-state index in [-0.39, 0.29) is 23.4 Å². The summed E-state index contributed by atoms with van der Waals surface area (Å²) >= 11 is 4.61. The minimum Gasteiger partial charge on any atom is -0.608 e. The first-order chi connectivity index (χ1) is 10.1. The van der Waals surface area contributed by atoms with Gasteiger partial charge in [-0.05, 0) is 11.6 Å². The molecule has 1 saturated heterocycles. The number of nitrogens with zero attached hydrogens (tertiary/aromatic N) is 3. The summed E-state index contributed by atoms with van der Waals surface area (Å²) in [4.78, 5) is 0. The van der Waals surface area contributed by atoms with Crippen LogP contribution in [-0.2, 0) is 11.2 Å². The fourth-order valence-corrected chi connectivity index (χ4v) is 3.56. The van der Waals surface area contributed by atoms with Crippen molar-refractivity contribution in [3.63, 3.8) is 0 Å². The van der Waals surface area contributed by atoms with Gasteiger partial charge in [-0.3, -0.25) is 5.01 Å². The molecule has 5 nitrogen and oxygen atoms in total. The normalized spacial score (nSPS) is 28.6. The summed E-state index contributed by atoms with van der Waals surface area (Å²) in [7, 11) is 0. The Hall–Kier alpha value is -1.49. The van der Waals surface area contributed by atoms with E-state index < -0.39 is 23.5 Å². The maximum absolute atomic E-state index is 14.2. The van der Waals surface area contributed by atoms with Crippen LogP contribution in [0.25, 0.3) is 0 Å². The van der Waals surface area contributed by atoms with Crippen molar-refractivity contribution in [3.8, 4) is 6.07 Å². The van der Waals surface area contributed by atoms with Gasteiger partial charge in [0, 0.05) is 22.6 Å². The zero-order valence-electron chi connectivity index (χ0n) is 10.9. The van der Waals surface area contributed by atoms with E-state index in [0.29, 0.717) is 5.02 Å². The fraction of sp³-hybridized carbons (Fsp3) is 0.385. The minimum absolute atomic E-state index is 0.154. The summed E-state index contributed by atoms with van der Waals surface area (Å²) in [6, 6.07) is 8.75. The molecule has 3 rings (SSSR count). The van der Waals surface area contributed by atoms with Crippen molar-refractivity contribution in [1.29, 1.82) is 5.26 Å². The number of hydrogen-bond acceptors (Lipinski definition) is 5. The lowest BCUT2D eigenvalue weighted by atomic mass is 10.0. The molecule has 2 aliphatic rings. The monoisotopic (exact) mass is 326 g/mol. The molecule has 1 N–H and O–H groups in total. The Labute approximate surface area is 129 Å². The van der Waals surface area contributed by atoms with E-state index >= 15 is 0 Å². The summed E-state index contributed by atoms with van der Waals surface area (Å²) in [5, 5.41) is 17.9. The summed E-state index contributed by atoms with van der Waals surface area (Å²) < 4.78 is 26.0. The largest absolute Gasteiger partial charge is 0.608 e. The van der Waals surface area contributed by atoms with E-state index in [0.717, 1.165) is 5.56 Å². The van der Waals surface area contributed by atoms with Crippen LogP contribution in [0.1, 0.15) is 18.0 Å². The number of fused-ring (bicyclic) bond motifs is 1. The van der Waals surface area contributed by atoms with Crippen LogP contribution in [0.3, 0.4) is 0 Å². The maximum Gasteiger partial charge on any atom is 0.336 e. The molecular formula is C13H12ClFN4OS. The number of halogens is 2. The van der Waals surface area contributed by atoms with E-state index in [1.54, 1.807) is 11.1 Å². The fourth-order valence-electron chi connectivity index (χ4n) is 2.61. The molecule has 0 spiro atoms. The first kappa shape index (κ1) is 14.4. The second-order valence-electron chi connectivity index (χ2n) is 4.81. The van der Waals surface area contributed by atoms with Crippen LogP contribution in [0.5, 0.6) is 0 Å². The van der Waals surface area contributed by atoms with Crippen LogP contribution in [0, 0.1) is 11.3 Å². The van der Waals surface area contributed by atoms with E-state index in [2.05, 4.69) is 10.4 Å². The smallest absolute Gasteiger partial charge is 0.336 e. The third kappa shape index (κ3) is 2.55. The third-order valence-corrected chi connectivity index (χ3v) is 4.91. The highest BCUT2D eigenvalue weighted by Crippen LogP contribution is 2.41. The van der Waals surface area contributed by atoms with Crippen molar-refractivity contribution in [2.24, 2.45) is 5.10 Å². The molecule has 0 aliphatic carbocycles. The highest BCUT2D eigenvalue weighted by atomic mass is 35.5. The van der Waals surface area contributed by atoms with Crippen LogP contribution in [-0.4, -0.2) is 32.8 Å². The van der Waals surface area contributed by atoms with Gasteiger partial charge in [-0.15, -0.1) is 5.10 Å². The Morgan fingerprint density at radius 3 is 3.05 bits per heavy atom. The number of hydrazone groups is 1. The molecule has 0 amide bonds. The molecule has 0 aromatic heterocycles. The van der Waals surface area contributed by atoms with Gasteiger partial charge in [0.25, 0.3) is 0 Å². The highest BCUT2D eigenvalue weighted by Gasteiger charge is 2.48. The molecule has 2 aliphatic heterocycles. The molecule has 21 heavy (non-hydrogen) atoms. The van der Waals surface area contributed by atoms with Crippen LogP contribution < -0.4 is 5.32 Å². The summed E-state index contributed by atoms with van der Waals surface area (Å²) in [5.74, 6) is -0.167. The lowest BCUT2D eigenvalue weighted by molar-refractivity contribution is 0.180. The van der Waals surface area contributed by atoms with Crippen molar-refractivity contribution in [2.45, 2.75) is 24.8 Å². The lowest BCUT2D eigenvalue weighted by Gasteiger charge is -2.21.